The number of rotatable bonds is 3. The normalized spacial score (nSPS) is 10.1. The van der Waals surface area contributed by atoms with Crippen molar-refractivity contribution >= 4 is 11.9 Å². The third-order valence-corrected chi connectivity index (χ3v) is 3.04. The van der Waals surface area contributed by atoms with Crippen molar-refractivity contribution in [1.29, 1.82) is 0 Å². The molecule has 0 saturated carbocycles. The first-order valence-electron chi connectivity index (χ1n) is 7.55. The quantitative estimate of drug-likeness (QED) is 0.769. The van der Waals surface area contributed by atoms with Crippen molar-refractivity contribution in [1.82, 2.24) is 19.9 Å². The fourth-order valence-corrected chi connectivity index (χ4v) is 2.07. The molecule has 0 unspecified atom stereocenters. The first-order valence-corrected chi connectivity index (χ1v) is 7.55. The summed E-state index contributed by atoms with van der Waals surface area (Å²) < 4.78 is 0. The van der Waals surface area contributed by atoms with E-state index in [1.54, 1.807) is 0 Å². The van der Waals surface area contributed by atoms with Crippen molar-refractivity contribution in [2.24, 2.45) is 0 Å². The molecule has 0 radical (unpaired) electrons. The minimum atomic E-state index is 0.136. The van der Waals surface area contributed by atoms with Gasteiger partial charge in [-0.2, -0.15) is 15.0 Å². The number of nitrogens with two attached hydrogens (primary N) is 2. The fourth-order valence-electron chi connectivity index (χ4n) is 2.07. The summed E-state index contributed by atoms with van der Waals surface area (Å²) in [6.07, 6.45) is 0. The van der Waals surface area contributed by atoms with Crippen molar-refractivity contribution in [3.05, 3.63) is 66.2 Å². The molecular weight excluding hydrogens is 300 g/mol. The Balaban J connectivity index is 0.000000185. The van der Waals surface area contributed by atoms with E-state index in [9.17, 15) is 0 Å². The number of anilines is 2. The summed E-state index contributed by atoms with van der Waals surface area (Å²) in [5.74, 6) is 0.767. The molecular formula is C18H22N6. The Morgan fingerprint density at radius 3 is 1.75 bits per heavy atom. The molecule has 0 aliphatic heterocycles. The lowest BCUT2D eigenvalue weighted by atomic mass is 10.2. The van der Waals surface area contributed by atoms with Crippen LogP contribution in [-0.2, 0) is 6.54 Å². The number of benzene rings is 2. The molecule has 0 fully saturated rings. The molecule has 124 valence electrons. The number of nitrogens with zero attached hydrogens (tertiary/aromatic N) is 4. The lowest BCUT2D eigenvalue weighted by molar-refractivity contribution is 0.402. The van der Waals surface area contributed by atoms with E-state index < -0.39 is 0 Å². The van der Waals surface area contributed by atoms with Gasteiger partial charge in [-0.05, 0) is 19.7 Å². The smallest absolute Gasteiger partial charge is 0.225 e. The average Bonchev–Trinajstić information content (AvgIpc) is 2.56. The van der Waals surface area contributed by atoms with Crippen LogP contribution in [0.2, 0.25) is 0 Å². The van der Waals surface area contributed by atoms with Crippen LogP contribution in [0.25, 0.3) is 11.4 Å². The summed E-state index contributed by atoms with van der Waals surface area (Å²) >= 11 is 0. The van der Waals surface area contributed by atoms with Crippen molar-refractivity contribution in [3.8, 4) is 11.4 Å². The Hall–Kier alpha value is -2.99. The Bertz CT molecular complexity index is 724. The molecule has 0 amide bonds. The Morgan fingerprint density at radius 1 is 0.750 bits per heavy atom. The van der Waals surface area contributed by atoms with Gasteiger partial charge in [0.05, 0.1) is 0 Å². The van der Waals surface area contributed by atoms with Crippen molar-refractivity contribution in [2.45, 2.75) is 6.54 Å². The number of nitrogen functional groups attached to an aromatic ring is 2. The van der Waals surface area contributed by atoms with Crippen LogP contribution < -0.4 is 11.5 Å². The van der Waals surface area contributed by atoms with Crippen LogP contribution in [0.15, 0.2) is 60.7 Å². The predicted octanol–water partition coefficient (Wildman–Crippen LogP) is 2.45. The van der Waals surface area contributed by atoms with Crippen LogP contribution in [0.3, 0.4) is 0 Å². The molecule has 3 rings (SSSR count). The molecule has 4 N–H and O–H groups in total. The molecule has 6 nitrogen and oxygen atoms in total. The number of aromatic nitrogens is 3. The van der Waals surface area contributed by atoms with Gasteiger partial charge in [-0.1, -0.05) is 60.7 Å². The third kappa shape index (κ3) is 5.66. The number of hydrogen-bond donors (Lipinski definition) is 2. The molecule has 0 atom stereocenters. The van der Waals surface area contributed by atoms with Crippen LogP contribution in [0.5, 0.6) is 0 Å². The minimum absolute atomic E-state index is 0.136. The van der Waals surface area contributed by atoms with Gasteiger partial charge in [-0.25, -0.2) is 0 Å². The topological polar surface area (TPSA) is 94.0 Å². The lowest BCUT2D eigenvalue weighted by Gasteiger charge is -2.08. The van der Waals surface area contributed by atoms with Gasteiger partial charge in [-0.3, -0.25) is 0 Å². The van der Waals surface area contributed by atoms with E-state index in [4.69, 9.17) is 11.5 Å². The zero-order chi connectivity index (χ0) is 17.4. The molecule has 2 aromatic carbocycles. The second kappa shape index (κ2) is 8.59. The molecule has 1 aromatic heterocycles. The molecule has 24 heavy (non-hydrogen) atoms. The van der Waals surface area contributed by atoms with Crippen LogP contribution in [0.4, 0.5) is 11.9 Å². The zero-order valence-electron chi connectivity index (χ0n) is 13.9. The molecule has 0 bridgehead atoms. The highest BCUT2D eigenvalue weighted by atomic mass is 15.1. The van der Waals surface area contributed by atoms with E-state index in [1.807, 2.05) is 36.4 Å². The summed E-state index contributed by atoms with van der Waals surface area (Å²) in [5, 5.41) is 0. The van der Waals surface area contributed by atoms with E-state index >= 15 is 0 Å². The van der Waals surface area contributed by atoms with E-state index in [0.29, 0.717) is 5.82 Å². The van der Waals surface area contributed by atoms with Gasteiger partial charge in [0, 0.05) is 12.1 Å². The van der Waals surface area contributed by atoms with Gasteiger partial charge < -0.3 is 16.4 Å². The maximum atomic E-state index is 5.45. The molecule has 0 aliphatic carbocycles. The van der Waals surface area contributed by atoms with E-state index in [-0.39, 0.29) is 11.9 Å². The van der Waals surface area contributed by atoms with Gasteiger partial charge in [0.2, 0.25) is 11.9 Å². The predicted molar refractivity (Wildman–Crippen MR) is 97.9 cm³/mol. The second-order valence-electron chi connectivity index (χ2n) is 5.46. The van der Waals surface area contributed by atoms with Crippen molar-refractivity contribution in [2.75, 3.05) is 25.6 Å². The summed E-state index contributed by atoms with van der Waals surface area (Å²) in [4.78, 5) is 13.8. The van der Waals surface area contributed by atoms with Gasteiger partial charge in [0.15, 0.2) is 5.82 Å². The minimum Gasteiger partial charge on any atom is -0.368 e. The third-order valence-electron chi connectivity index (χ3n) is 3.04. The van der Waals surface area contributed by atoms with E-state index in [1.165, 1.54) is 5.56 Å². The van der Waals surface area contributed by atoms with E-state index in [0.717, 1.165) is 12.1 Å². The Morgan fingerprint density at radius 2 is 1.25 bits per heavy atom. The molecule has 0 aliphatic rings. The molecule has 3 aromatic rings. The van der Waals surface area contributed by atoms with Crippen LogP contribution in [0, 0.1) is 0 Å². The highest BCUT2D eigenvalue weighted by Crippen LogP contribution is 2.14. The van der Waals surface area contributed by atoms with Crippen molar-refractivity contribution in [3.63, 3.8) is 0 Å². The summed E-state index contributed by atoms with van der Waals surface area (Å²) in [6.45, 7) is 1.03. The summed E-state index contributed by atoms with van der Waals surface area (Å²) in [5.41, 5.74) is 13.1. The molecule has 1 heterocycles. The van der Waals surface area contributed by atoms with Crippen LogP contribution in [0.1, 0.15) is 5.56 Å². The van der Waals surface area contributed by atoms with Gasteiger partial charge in [0.25, 0.3) is 0 Å². The van der Waals surface area contributed by atoms with Crippen LogP contribution >= 0.6 is 0 Å². The second-order valence-corrected chi connectivity index (χ2v) is 5.46. The Kier molecular flexibility index (Phi) is 6.22. The average molecular weight is 322 g/mol. The first-order chi connectivity index (χ1) is 11.5. The van der Waals surface area contributed by atoms with Crippen LogP contribution in [-0.4, -0.2) is 33.9 Å². The number of hydrogen-bond acceptors (Lipinski definition) is 6. The summed E-state index contributed by atoms with van der Waals surface area (Å²) in [7, 11) is 4.15. The van der Waals surface area contributed by atoms with Gasteiger partial charge in [0.1, 0.15) is 0 Å². The van der Waals surface area contributed by atoms with E-state index in [2.05, 4.69) is 58.2 Å². The molecule has 0 saturated heterocycles. The van der Waals surface area contributed by atoms with Gasteiger partial charge in [-0.15, -0.1) is 0 Å². The standard InChI is InChI=1S/C9H9N5.C9H13N/c10-8-12-7(13-9(11)14-8)6-4-2-1-3-5-6;1-10(2)8-9-6-4-3-5-7-9/h1-5H,(H4,10,11,12,13,14);3-7H,8H2,1-2H3. The van der Waals surface area contributed by atoms with Crippen molar-refractivity contribution < 1.29 is 0 Å². The maximum Gasteiger partial charge on any atom is 0.225 e. The summed E-state index contributed by atoms with van der Waals surface area (Å²) in [6, 6.07) is 19.9. The van der Waals surface area contributed by atoms with Gasteiger partial charge >= 0.3 is 0 Å². The zero-order valence-corrected chi connectivity index (χ0v) is 13.9. The monoisotopic (exact) mass is 322 g/mol. The Labute approximate surface area is 142 Å². The largest absolute Gasteiger partial charge is 0.368 e. The molecule has 0 spiro atoms. The fraction of sp³-hybridized carbons (Fsp3) is 0.167. The SMILES string of the molecule is CN(C)Cc1ccccc1.Nc1nc(N)nc(-c2ccccc2)n1. The maximum absolute atomic E-state index is 5.45. The lowest BCUT2D eigenvalue weighted by Crippen LogP contribution is -2.10. The highest BCUT2D eigenvalue weighted by Gasteiger charge is 2.03. The first kappa shape index (κ1) is 17.4. The highest BCUT2D eigenvalue weighted by molar-refractivity contribution is 5.56. The molecule has 6 heteroatoms.